The number of rotatable bonds is 7. The molecule has 35 heavy (non-hydrogen) atoms. The Morgan fingerprint density at radius 1 is 1.14 bits per heavy atom. The van der Waals surface area contributed by atoms with E-state index in [9.17, 15) is 18.4 Å². The number of carbonyl (C=O) groups excluding carboxylic acids is 1. The van der Waals surface area contributed by atoms with Crippen LogP contribution in [0.2, 0.25) is 0 Å². The second-order valence-corrected chi connectivity index (χ2v) is 8.79. The van der Waals surface area contributed by atoms with Crippen LogP contribution < -0.4 is 15.6 Å². The highest BCUT2D eigenvalue weighted by Crippen LogP contribution is 2.34. The Hall–Kier alpha value is -3.82. The van der Waals surface area contributed by atoms with Crippen LogP contribution >= 0.6 is 0 Å². The van der Waals surface area contributed by atoms with Gasteiger partial charge in [0.05, 0.1) is 17.3 Å². The number of hydrogen-bond acceptors (Lipinski definition) is 5. The normalized spacial score (nSPS) is 18.3. The van der Waals surface area contributed by atoms with Gasteiger partial charge < -0.3 is 10.1 Å². The highest BCUT2D eigenvalue weighted by Gasteiger charge is 2.27. The number of aromatic amines is 1. The van der Waals surface area contributed by atoms with E-state index in [0.717, 1.165) is 36.8 Å². The zero-order valence-corrected chi connectivity index (χ0v) is 18.9. The number of carbonyl (C=O) groups is 1. The molecule has 2 N–H and O–H groups in total. The molecule has 1 aromatic carbocycles. The van der Waals surface area contributed by atoms with Crippen LogP contribution in [0.5, 0.6) is 5.75 Å². The predicted molar refractivity (Wildman–Crippen MR) is 126 cm³/mol. The lowest BCUT2D eigenvalue weighted by Gasteiger charge is -2.29. The molecule has 0 aliphatic heterocycles. The number of fused-ring (bicyclic) bond motifs is 2. The second-order valence-electron chi connectivity index (χ2n) is 8.79. The number of aromatic nitrogens is 4. The Balaban J connectivity index is 1.24. The molecule has 0 radical (unpaired) electrons. The second kappa shape index (κ2) is 9.81. The van der Waals surface area contributed by atoms with Crippen LogP contribution in [0.1, 0.15) is 47.8 Å². The van der Waals surface area contributed by atoms with Crippen molar-refractivity contribution in [1.82, 2.24) is 24.9 Å². The molecule has 0 spiro atoms. The Kier molecular flexibility index (Phi) is 6.43. The topological polar surface area (TPSA) is 101 Å². The van der Waals surface area contributed by atoms with E-state index in [4.69, 9.17) is 4.74 Å². The zero-order chi connectivity index (χ0) is 24.4. The molecule has 5 rings (SSSR count). The van der Waals surface area contributed by atoms with Crippen molar-refractivity contribution in [3.8, 4) is 5.75 Å². The van der Waals surface area contributed by atoms with E-state index in [-0.39, 0.29) is 29.2 Å². The third-order valence-electron chi connectivity index (χ3n) is 6.54. The van der Waals surface area contributed by atoms with Gasteiger partial charge in [-0.3, -0.25) is 14.0 Å². The van der Waals surface area contributed by atoms with Crippen LogP contribution in [0.25, 0.3) is 16.4 Å². The fourth-order valence-corrected chi connectivity index (χ4v) is 4.72. The largest absolute Gasteiger partial charge is 0.485 e. The Bertz CT molecular complexity index is 1410. The first-order valence-electron chi connectivity index (χ1n) is 11.6. The zero-order valence-electron chi connectivity index (χ0n) is 18.9. The summed E-state index contributed by atoms with van der Waals surface area (Å²) in [5.74, 6) is 0.251. The monoisotopic (exact) mass is 481 g/mol. The van der Waals surface area contributed by atoms with Gasteiger partial charge in [0, 0.05) is 29.6 Å². The van der Waals surface area contributed by atoms with Crippen LogP contribution in [-0.2, 0) is 0 Å². The van der Waals surface area contributed by atoms with Crippen LogP contribution in [-0.4, -0.2) is 51.0 Å². The summed E-state index contributed by atoms with van der Waals surface area (Å²) in [5, 5.41) is 11.6. The van der Waals surface area contributed by atoms with Crippen molar-refractivity contribution < 1.29 is 18.3 Å². The van der Waals surface area contributed by atoms with E-state index in [1.165, 1.54) is 6.20 Å². The number of amides is 1. The lowest BCUT2D eigenvalue weighted by atomic mass is 9.82. The number of ether oxygens (including phenoxy) is 1. The van der Waals surface area contributed by atoms with Gasteiger partial charge in [-0.05, 0) is 37.8 Å². The molecule has 0 unspecified atom stereocenters. The SMILES string of the molecule is O=C(NC1CCC(c2n[nH]c(=O)c3ccccc23)CC1)c1cnc2cc(OC(CF)CF)ccn12. The summed E-state index contributed by atoms with van der Waals surface area (Å²) in [6.45, 7) is -1.86. The molecular formula is C25H25F2N5O3. The average Bonchev–Trinajstić information content (AvgIpc) is 3.32. The maximum absolute atomic E-state index is 13.0. The number of imidazole rings is 1. The highest BCUT2D eigenvalue weighted by molar-refractivity contribution is 5.93. The van der Waals surface area contributed by atoms with Crippen LogP contribution in [0.4, 0.5) is 8.78 Å². The van der Waals surface area contributed by atoms with E-state index >= 15 is 0 Å². The number of halogens is 2. The molecule has 1 fully saturated rings. The first-order chi connectivity index (χ1) is 17.1. The molecule has 1 amide bonds. The van der Waals surface area contributed by atoms with E-state index in [1.54, 1.807) is 28.8 Å². The van der Waals surface area contributed by atoms with Gasteiger partial charge in [0.2, 0.25) is 0 Å². The minimum absolute atomic E-state index is 0.01000. The molecule has 1 aliphatic carbocycles. The van der Waals surface area contributed by atoms with Crippen LogP contribution in [0.3, 0.4) is 0 Å². The molecule has 3 heterocycles. The summed E-state index contributed by atoms with van der Waals surface area (Å²) in [6.07, 6.45) is 5.16. The van der Waals surface area contributed by atoms with Gasteiger partial charge >= 0.3 is 0 Å². The smallest absolute Gasteiger partial charge is 0.272 e. The first kappa shape index (κ1) is 22.9. The molecule has 8 nitrogen and oxygen atoms in total. The van der Waals surface area contributed by atoms with Crippen molar-refractivity contribution >= 4 is 22.3 Å². The maximum atomic E-state index is 13.0. The Morgan fingerprint density at radius 2 is 1.89 bits per heavy atom. The number of pyridine rings is 1. The molecule has 4 aromatic rings. The van der Waals surface area contributed by atoms with Gasteiger partial charge in [-0.2, -0.15) is 5.10 Å². The van der Waals surface area contributed by atoms with Gasteiger partial charge in [-0.15, -0.1) is 0 Å². The average molecular weight is 482 g/mol. The van der Waals surface area contributed by atoms with Crippen molar-refractivity contribution in [2.75, 3.05) is 13.3 Å². The van der Waals surface area contributed by atoms with E-state index in [2.05, 4.69) is 20.5 Å². The van der Waals surface area contributed by atoms with Gasteiger partial charge in [-0.25, -0.2) is 18.9 Å². The number of benzene rings is 1. The molecule has 0 bridgehead atoms. The summed E-state index contributed by atoms with van der Waals surface area (Å²) < 4.78 is 32.4. The number of nitrogens with one attached hydrogen (secondary N) is 2. The lowest BCUT2D eigenvalue weighted by molar-refractivity contribution is 0.0919. The quantitative estimate of drug-likeness (QED) is 0.419. The maximum Gasteiger partial charge on any atom is 0.272 e. The summed E-state index contributed by atoms with van der Waals surface area (Å²) >= 11 is 0. The standard InChI is InChI=1S/C25H25F2N5O3/c26-12-18(13-27)35-17-9-10-32-21(14-28-22(32)11-17)25(34)29-16-7-5-15(6-8-16)23-19-3-1-2-4-20(19)24(33)31-30-23/h1-4,9-11,14-16,18H,5-8,12-13H2,(H,29,34)(H,31,33). The number of nitrogens with zero attached hydrogens (tertiary/aromatic N) is 3. The lowest BCUT2D eigenvalue weighted by Crippen LogP contribution is -2.38. The predicted octanol–water partition coefficient (Wildman–Crippen LogP) is 3.71. The molecule has 3 aromatic heterocycles. The Labute approximate surface area is 199 Å². The summed E-state index contributed by atoms with van der Waals surface area (Å²) in [4.78, 5) is 29.3. The molecular weight excluding hydrogens is 456 g/mol. The van der Waals surface area contributed by atoms with Crippen molar-refractivity contribution in [3.05, 3.63) is 70.5 Å². The van der Waals surface area contributed by atoms with E-state index in [1.807, 2.05) is 18.2 Å². The van der Waals surface area contributed by atoms with Crippen LogP contribution in [0.15, 0.2) is 53.6 Å². The van der Waals surface area contributed by atoms with Gasteiger partial charge in [0.25, 0.3) is 11.5 Å². The van der Waals surface area contributed by atoms with Gasteiger partial charge in [-0.1, -0.05) is 18.2 Å². The number of alkyl halides is 2. The fourth-order valence-electron chi connectivity index (χ4n) is 4.72. The minimum atomic E-state index is -1.16. The van der Waals surface area contributed by atoms with Crippen molar-refractivity contribution in [2.24, 2.45) is 0 Å². The van der Waals surface area contributed by atoms with Gasteiger partial charge in [0.15, 0.2) is 6.10 Å². The number of hydrogen-bond donors (Lipinski definition) is 2. The third kappa shape index (κ3) is 4.60. The van der Waals surface area contributed by atoms with E-state index in [0.29, 0.717) is 16.7 Å². The highest BCUT2D eigenvalue weighted by atomic mass is 19.1. The van der Waals surface area contributed by atoms with E-state index < -0.39 is 19.5 Å². The van der Waals surface area contributed by atoms with Gasteiger partial charge in [0.1, 0.15) is 30.4 Å². The molecule has 1 aliphatic rings. The summed E-state index contributed by atoms with van der Waals surface area (Å²) in [6, 6.07) is 10.6. The van der Waals surface area contributed by atoms with Crippen LogP contribution in [0, 0.1) is 0 Å². The molecule has 1 saturated carbocycles. The molecule has 10 heteroatoms. The first-order valence-corrected chi connectivity index (χ1v) is 11.6. The van der Waals surface area contributed by atoms with Crippen molar-refractivity contribution in [3.63, 3.8) is 0 Å². The van der Waals surface area contributed by atoms with Crippen molar-refractivity contribution in [1.29, 1.82) is 0 Å². The fraction of sp³-hybridized carbons (Fsp3) is 0.360. The molecule has 182 valence electrons. The third-order valence-corrected chi connectivity index (χ3v) is 6.54. The molecule has 0 saturated heterocycles. The Morgan fingerprint density at radius 3 is 2.63 bits per heavy atom. The van der Waals surface area contributed by atoms with Crippen molar-refractivity contribution in [2.45, 2.75) is 43.7 Å². The molecule has 0 atom stereocenters. The number of H-pyrrole nitrogens is 1. The summed E-state index contributed by atoms with van der Waals surface area (Å²) in [5.41, 5.74) is 1.52. The minimum Gasteiger partial charge on any atom is -0.485 e. The summed E-state index contributed by atoms with van der Waals surface area (Å²) in [7, 11) is 0.